The molecule has 184 valence electrons. The molecule has 0 unspecified atom stereocenters. The van der Waals surface area contributed by atoms with Gasteiger partial charge in [0.05, 0.1) is 17.7 Å². The zero-order chi connectivity index (χ0) is 24.3. The number of carbonyl (C=O) groups is 1. The first kappa shape index (κ1) is 25.5. The van der Waals surface area contributed by atoms with E-state index in [1.807, 2.05) is 0 Å². The first-order chi connectivity index (χ1) is 16.3. The summed E-state index contributed by atoms with van der Waals surface area (Å²) in [7, 11) is -3.66. The van der Waals surface area contributed by atoms with Gasteiger partial charge in [0.1, 0.15) is 0 Å². The molecule has 1 N–H and O–H groups in total. The molecule has 0 spiro atoms. The highest BCUT2D eigenvalue weighted by molar-refractivity contribution is 7.88. The second-order valence-electron chi connectivity index (χ2n) is 9.36. The fraction of sp³-hybridized carbons (Fsp3) is 0.500. The van der Waals surface area contributed by atoms with Gasteiger partial charge in [0.2, 0.25) is 15.9 Å². The molecule has 1 heterocycles. The first-order valence-electron chi connectivity index (χ1n) is 12.1. The SMILES string of the molecule is CC[C@H](NC(=O)[C@@H]1CCCN(S(=O)(=O)Cc2c(Cl)cccc2Cl)C1)c1ccc2c(c1)CCCC2. The molecular weight excluding hydrogens is 491 g/mol. The van der Waals surface area contributed by atoms with E-state index < -0.39 is 10.0 Å². The van der Waals surface area contributed by atoms with Gasteiger partial charge in [-0.1, -0.05) is 54.4 Å². The highest BCUT2D eigenvalue weighted by Gasteiger charge is 2.34. The van der Waals surface area contributed by atoms with E-state index in [-0.39, 0.29) is 30.2 Å². The van der Waals surface area contributed by atoms with Crippen LogP contribution in [-0.4, -0.2) is 31.7 Å². The average Bonchev–Trinajstić information content (AvgIpc) is 2.84. The number of hydrogen-bond acceptors (Lipinski definition) is 3. The second kappa shape index (κ2) is 11.0. The second-order valence-corrected chi connectivity index (χ2v) is 12.1. The third-order valence-electron chi connectivity index (χ3n) is 7.04. The molecule has 2 aliphatic rings. The number of hydrogen-bond donors (Lipinski definition) is 1. The van der Waals surface area contributed by atoms with Crippen LogP contribution in [0.2, 0.25) is 10.0 Å². The van der Waals surface area contributed by atoms with Crippen molar-refractivity contribution in [2.24, 2.45) is 5.92 Å². The molecule has 0 bridgehead atoms. The predicted molar refractivity (Wildman–Crippen MR) is 138 cm³/mol. The Labute approximate surface area is 212 Å². The monoisotopic (exact) mass is 522 g/mol. The molecule has 1 saturated heterocycles. The zero-order valence-corrected chi connectivity index (χ0v) is 21.9. The van der Waals surface area contributed by atoms with E-state index in [1.54, 1.807) is 18.2 Å². The predicted octanol–water partition coefficient (Wildman–Crippen LogP) is 5.68. The Hall–Kier alpha value is -1.60. The number of nitrogens with zero attached hydrogens (tertiary/aromatic N) is 1. The van der Waals surface area contributed by atoms with Crippen molar-refractivity contribution in [3.05, 3.63) is 68.7 Å². The molecule has 2 atom stereocenters. The summed E-state index contributed by atoms with van der Waals surface area (Å²) in [6, 6.07) is 11.5. The van der Waals surface area contributed by atoms with Gasteiger partial charge >= 0.3 is 0 Å². The third-order valence-corrected chi connectivity index (χ3v) is 9.52. The minimum atomic E-state index is -3.66. The van der Waals surface area contributed by atoms with Crippen LogP contribution in [0.15, 0.2) is 36.4 Å². The van der Waals surface area contributed by atoms with Gasteiger partial charge in [0.25, 0.3) is 0 Å². The maximum absolute atomic E-state index is 13.2. The maximum atomic E-state index is 13.2. The number of fused-ring (bicyclic) bond motifs is 1. The molecule has 1 aliphatic heterocycles. The number of nitrogens with one attached hydrogen (secondary N) is 1. The van der Waals surface area contributed by atoms with Gasteiger partial charge in [-0.2, -0.15) is 0 Å². The number of benzene rings is 2. The Balaban J connectivity index is 1.43. The van der Waals surface area contributed by atoms with Crippen LogP contribution in [0.25, 0.3) is 0 Å². The maximum Gasteiger partial charge on any atom is 0.224 e. The quantitative estimate of drug-likeness (QED) is 0.508. The number of rotatable bonds is 7. The summed E-state index contributed by atoms with van der Waals surface area (Å²) in [4.78, 5) is 13.2. The van der Waals surface area contributed by atoms with E-state index in [4.69, 9.17) is 23.2 Å². The van der Waals surface area contributed by atoms with Crippen LogP contribution < -0.4 is 5.32 Å². The van der Waals surface area contributed by atoms with E-state index in [1.165, 1.54) is 28.3 Å². The smallest absolute Gasteiger partial charge is 0.224 e. The van der Waals surface area contributed by atoms with Crippen LogP contribution in [0.1, 0.15) is 67.3 Å². The van der Waals surface area contributed by atoms with Crippen LogP contribution in [0, 0.1) is 5.92 Å². The lowest BCUT2D eigenvalue weighted by Gasteiger charge is -2.32. The van der Waals surface area contributed by atoms with E-state index in [0.29, 0.717) is 35.0 Å². The number of piperidine rings is 1. The molecule has 1 aliphatic carbocycles. The standard InChI is InChI=1S/C26H32Cl2N2O3S/c1-2-25(20-13-12-18-7-3-4-8-19(18)15-20)29-26(31)21-9-6-14-30(16-21)34(32,33)17-22-23(27)10-5-11-24(22)28/h5,10-13,15,21,25H,2-4,6-9,14,16-17H2,1H3,(H,29,31)/t21-,25+/m1/s1. The van der Waals surface area contributed by atoms with Gasteiger partial charge in [0, 0.05) is 28.7 Å². The molecule has 1 amide bonds. The number of amides is 1. The summed E-state index contributed by atoms with van der Waals surface area (Å²) >= 11 is 12.4. The summed E-state index contributed by atoms with van der Waals surface area (Å²) in [5.74, 6) is -0.732. The Morgan fingerprint density at radius 2 is 1.79 bits per heavy atom. The average molecular weight is 524 g/mol. The van der Waals surface area contributed by atoms with E-state index in [0.717, 1.165) is 24.8 Å². The number of aryl methyl sites for hydroxylation is 2. The molecule has 0 saturated carbocycles. The molecule has 8 heteroatoms. The van der Waals surface area contributed by atoms with Crippen molar-refractivity contribution in [1.29, 1.82) is 0 Å². The van der Waals surface area contributed by atoms with Crippen LogP contribution >= 0.6 is 23.2 Å². The van der Waals surface area contributed by atoms with Crippen LogP contribution in [0.5, 0.6) is 0 Å². The number of sulfonamides is 1. The molecule has 0 radical (unpaired) electrons. The summed E-state index contributed by atoms with van der Waals surface area (Å²) in [5, 5.41) is 3.86. The summed E-state index contributed by atoms with van der Waals surface area (Å²) in [5.41, 5.74) is 4.34. The Kier molecular flexibility index (Phi) is 8.24. The lowest BCUT2D eigenvalue weighted by molar-refractivity contribution is -0.126. The Morgan fingerprint density at radius 1 is 1.09 bits per heavy atom. The lowest BCUT2D eigenvalue weighted by Crippen LogP contribution is -2.46. The Morgan fingerprint density at radius 3 is 2.50 bits per heavy atom. The summed E-state index contributed by atoms with van der Waals surface area (Å²) < 4.78 is 27.7. The first-order valence-corrected chi connectivity index (χ1v) is 14.5. The highest BCUT2D eigenvalue weighted by atomic mass is 35.5. The molecule has 34 heavy (non-hydrogen) atoms. The van der Waals surface area contributed by atoms with Gasteiger partial charge in [-0.25, -0.2) is 12.7 Å². The highest BCUT2D eigenvalue weighted by Crippen LogP contribution is 2.30. The number of halogens is 2. The van der Waals surface area contributed by atoms with E-state index >= 15 is 0 Å². The van der Waals surface area contributed by atoms with Crippen molar-refractivity contribution in [2.75, 3.05) is 13.1 Å². The number of carbonyl (C=O) groups excluding carboxylic acids is 1. The topological polar surface area (TPSA) is 66.5 Å². The van der Waals surface area contributed by atoms with Crippen molar-refractivity contribution >= 4 is 39.1 Å². The molecule has 1 fully saturated rings. The molecular formula is C26H32Cl2N2O3S. The van der Waals surface area contributed by atoms with Crippen LogP contribution in [0.3, 0.4) is 0 Å². The minimum absolute atomic E-state index is 0.0753. The fourth-order valence-corrected chi connectivity index (χ4v) is 7.40. The normalized spacial score (nSPS) is 19.9. The molecule has 4 rings (SSSR count). The van der Waals surface area contributed by atoms with Crippen molar-refractivity contribution in [3.63, 3.8) is 0 Å². The molecule has 2 aromatic carbocycles. The molecule has 2 aromatic rings. The van der Waals surface area contributed by atoms with E-state index in [9.17, 15) is 13.2 Å². The largest absolute Gasteiger partial charge is 0.349 e. The molecule has 5 nitrogen and oxygen atoms in total. The van der Waals surface area contributed by atoms with Crippen molar-refractivity contribution < 1.29 is 13.2 Å². The minimum Gasteiger partial charge on any atom is -0.349 e. The van der Waals surface area contributed by atoms with Crippen molar-refractivity contribution in [1.82, 2.24) is 9.62 Å². The van der Waals surface area contributed by atoms with Crippen LogP contribution in [-0.2, 0) is 33.4 Å². The van der Waals surface area contributed by atoms with Gasteiger partial charge in [-0.15, -0.1) is 0 Å². The van der Waals surface area contributed by atoms with Crippen molar-refractivity contribution in [2.45, 2.75) is 63.7 Å². The van der Waals surface area contributed by atoms with Crippen molar-refractivity contribution in [3.8, 4) is 0 Å². The van der Waals surface area contributed by atoms with Gasteiger partial charge < -0.3 is 5.32 Å². The molecule has 0 aromatic heterocycles. The summed E-state index contributed by atoms with van der Waals surface area (Å²) in [6.07, 6.45) is 6.78. The van der Waals surface area contributed by atoms with E-state index in [2.05, 4.69) is 30.4 Å². The third kappa shape index (κ3) is 5.78. The summed E-state index contributed by atoms with van der Waals surface area (Å²) in [6.45, 7) is 2.64. The van der Waals surface area contributed by atoms with Gasteiger partial charge in [-0.05, 0) is 73.8 Å². The fourth-order valence-electron chi connectivity index (χ4n) is 5.03. The lowest BCUT2D eigenvalue weighted by atomic mass is 9.88. The Bertz CT molecular complexity index is 1130. The van der Waals surface area contributed by atoms with Crippen LogP contribution in [0.4, 0.5) is 0 Å². The van der Waals surface area contributed by atoms with Gasteiger partial charge in [0.15, 0.2) is 0 Å². The van der Waals surface area contributed by atoms with Gasteiger partial charge in [-0.3, -0.25) is 4.79 Å². The zero-order valence-electron chi connectivity index (χ0n) is 19.5.